The van der Waals surface area contributed by atoms with Gasteiger partial charge in [-0.3, -0.25) is 4.55 Å². The molecule has 0 fully saturated rings. The van der Waals surface area contributed by atoms with Gasteiger partial charge in [-0.1, -0.05) is 11.6 Å². The topological polar surface area (TPSA) is 106 Å². The van der Waals surface area contributed by atoms with Crippen molar-refractivity contribution >= 4 is 38.8 Å². The molecule has 8 heteroatoms. The van der Waals surface area contributed by atoms with Gasteiger partial charge in [-0.25, -0.2) is 0 Å². The van der Waals surface area contributed by atoms with Crippen LogP contribution in [0.1, 0.15) is 0 Å². The Morgan fingerprint density at radius 3 is 2.73 bits per heavy atom. The Hall–Kier alpha value is -1.31. The number of nitrogens with two attached hydrogens (primary N) is 1. The molecule has 0 saturated heterocycles. The van der Waals surface area contributed by atoms with Crippen molar-refractivity contribution in [2.45, 2.75) is 4.90 Å². The number of halogens is 1. The quantitative estimate of drug-likeness (QED) is 0.737. The van der Waals surface area contributed by atoms with E-state index in [4.69, 9.17) is 26.3 Å². The first-order valence-electron chi connectivity index (χ1n) is 3.71. The Morgan fingerprint density at radius 2 is 2.13 bits per heavy atom. The van der Waals surface area contributed by atoms with Gasteiger partial charge in [-0.15, -0.1) is 0 Å². The minimum absolute atomic E-state index is 0.112. The molecule has 2 rings (SSSR count). The van der Waals surface area contributed by atoms with Crippen LogP contribution in [-0.4, -0.2) is 18.0 Å². The van der Waals surface area contributed by atoms with Gasteiger partial charge in [-0.05, 0) is 12.1 Å². The van der Waals surface area contributed by atoms with Crippen molar-refractivity contribution in [1.82, 2.24) is 4.98 Å². The van der Waals surface area contributed by atoms with E-state index >= 15 is 0 Å². The second-order valence-corrected chi connectivity index (χ2v) is 4.61. The van der Waals surface area contributed by atoms with Crippen molar-refractivity contribution < 1.29 is 17.4 Å². The van der Waals surface area contributed by atoms with Gasteiger partial charge in [0.2, 0.25) is 0 Å². The average Bonchev–Trinajstić information content (AvgIpc) is 2.41. The third kappa shape index (κ3) is 1.76. The summed E-state index contributed by atoms with van der Waals surface area (Å²) in [6.45, 7) is 0. The molecule has 0 unspecified atom stereocenters. The van der Waals surface area contributed by atoms with Crippen molar-refractivity contribution in [3.8, 4) is 0 Å². The van der Waals surface area contributed by atoms with Crippen molar-refractivity contribution in [3.05, 3.63) is 17.2 Å². The molecule has 0 saturated carbocycles. The SMILES string of the molecule is Nc1nc2cc(Cl)cc(S(=O)(=O)O)c2o1. The Balaban J connectivity index is 2.94. The van der Waals surface area contributed by atoms with E-state index in [-0.39, 0.29) is 22.1 Å². The second-order valence-electron chi connectivity index (χ2n) is 2.78. The van der Waals surface area contributed by atoms with Crippen LogP contribution in [0.5, 0.6) is 0 Å². The second kappa shape index (κ2) is 3.09. The Bertz CT molecular complexity index is 634. The number of nitrogens with zero attached hydrogens (tertiary/aromatic N) is 1. The summed E-state index contributed by atoms with van der Waals surface area (Å²) in [6, 6.07) is 2.24. The van der Waals surface area contributed by atoms with Crippen LogP contribution in [0, 0.1) is 0 Å². The molecule has 0 aliphatic rings. The zero-order valence-corrected chi connectivity index (χ0v) is 8.71. The van der Waals surface area contributed by atoms with E-state index in [0.29, 0.717) is 0 Å². The van der Waals surface area contributed by atoms with E-state index in [2.05, 4.69) is 4.98 Å². The summed E-state index contributed by atoms with van der Waals surface area (Å²) >= 11 is 5.64. The first-order valence-corrected chi connectivity index (χ1v) is 5.53. The number of aromatic nitrogens is 1. The van der Waals surface area contributed by atoms with E-state index in [1.165, 1.54) is 6.07 Å². The summed E-state index contributed by atoms with van der Waals surface area (Å²) in [4.78, 5) is 3.25. The molecule has 0 radical (unpaired) electrons. The Labute approximate surface area is 89.4 Å². The van der Waals surface area contributed by atoms with Gasteiger partial charge in [0.1, 0.15) is 10.4 Å². The average molecular weight is 249 g/mol. The molecule has 1 heterocycles. The molecule has 0 bridgehead atoms. The summed E-state index contributed by atoms with van der Waals surface area (Å²) in [5, 5.41) is 0.114. The fourth-order valence-electron chi connectivity index (χ4n) is 1.18. The molecule has 0 aliphatic heterocycles. The standard InChI is InChI=1S/C7H5ClN2O4S/c8-3-1-4-6(14-7(9)10-4)5(2-3)15(11,12)13/h1-2H,(H2,9,10)(H,11,12,13). The molecule has 0 spiro atoms. The molecular weight excluding hydrogens is 244 g/mol. The molecule has 3 N–H and O–H groups in total. The van der Waals surface area contributed by atoms with Gasteiger partial charge in [0.15, 0.2) is 5.58 Å². The van der Waals surface area contributed by atoms with Crippen LogP contribution in [0.2, 0.25) is 5.02 Å². The molecule has 80 valence electrons. The Morgan fingerprint density at radius 1 is 1.47 bits per heavy atom. The third-order valence-electron chi connectivity index (χ3n) is 1.72. The maximum Gasteiger partial charge on any atom is 0.298 e. The first kappa shape index (κ1) is 10.2. The van der Waals surface area contributed by atoms with Crippen LogP contribution in [0.4, 0.5) is 6.01 Å². The number of nitrogen functional groups attached to an aromatic ring is 1. The van der Waals surface area contributed by atoms with Crippen molar-refractivity contribution in [2.75, 3.05) is 5.73 Å². The normalized spacial score (nSPS) is 12.1. The highest BCUT2D eigenvalue weighted by atomic mass is 35.5. The van der Waals surface area contributed by atoms with Crippen molar-refractivity contribution in [1.29, 1.82) is 0 Å². The highest BCUT2D eigenvalue weighted by Gasteiger charge is 2.19. The zero-order valence-electron chi connectivity index (χ0n) is 7.14. The van der Waals surface area contributed by atoms with Crippen molar-refractivity contribution in [3.63, 3.8) is 0 Å². The number of hydrogen-bond donors (Lipinski definition) is 2. The Kier molecular flexibility index (Phi) is 2.10. The van der Waals surface area contributed by atoms with Crippen LogP contribution >= 0.6 is 11.6 Å². The molecule has 0 aliphatic carbocycles. The molecule has 0 atom stereocenters. The van der Waals surface area contributed by atoms with Gasteiger partial charge in [-0.2, -0.15) is 13.4 Å². The predicted molar refractivity (Wildman–Crippen MR) is 53.2 cm³/mol. The lowest BCUT2D eigenvalue weighted by Crippen LogP contribution is -1.98. The smallest absolute Gasteiger partial charge is 0.298 e. The maximum atomic E-state index is 11.0. The predicted octanol–water partition coefficient (Wildman–Crippen LogP) is 1.31. The monoisotopic (exact) mass is 248 g/mol. The van der Waals surface area contributed by atoms with Gasteiger partial charge in [0.05, 0.1) is 0 Å². The van der Waals surface area contributed by atoms with E-state index in [9.17, 15) is 8.42 Å². The summed E-state index contributed by atoms with van der Waals surface area (Å²) < 4.78 is 35.7. The lowest BCUT2D eigenvalue weighted by molar-refractivity contribution is 0.482. The molecule has 6 nitrogen and oxygen atoms in total. The fraction of sp³-hybridized carbons (Fsp3) is 0. The largest absolute Gasteiger partial charge is 0.422 e. The highest BCUT2D eigenvalue weighted by Crippen LogP contribution is 2.28. The van der Waals surface area contributed by atoms with Crippen LogP contribution in [0.15, 0.2) is 21.4 Å². The first-order chi connectivity index (χ1) is 6.88. The summed E-state index contributed by atoms with van der Waals surface area (Å²) in [6.07, 6.45) is 0. The van der Waals surface area contributed by atoms with Crippen LogP contribution in [0.3, 0.4) is 0 Å². The van der Waals surface area contributed by atoms with Crippen LogP contribution in [0.25, 0.3) is 11.1 Å². The van der Waals surface area contributed by atoms with E-state index in [1.807, 2.05) is 0 Å². The number of hydrogen-bond acceptors (Lipinski definition) is 5. The summed E-state index contributed by atoms with van der Waals surface area (Å²) in [5.41, 5.74) is 5.32. The van der Waals surface area contributed by atoms with Crippen LogP contribution in [-0.2, 0) is 10.1 Å². The van der Waals surface area contributed by atoms with Gasteiger partial charge in [0.25, 0.3) is 16.1 Å². The van der Waals surface area contributed by atoms with E-state index in [1.54, 1.807) is 0 Å². The molecule has 15 heavy (non-hydrogen) atoms. The number of rotatable bonds is 1. The van der Waals surface area contributed by atoms with Gasteiger partial charge >= 0.3 is 0 Å². The lowest BCUT2D eigenvalue weighted by Gasteiger charge is -1.97. The minimum atomic E-state index is -4.41. The molecule has 2 aromatic rings. The molecule has 0 amide bonds. The summed E-state index contributed by atoms with van der Waals surface area (Å²) in [5.74, 6) is 0. The van der Waals surface area contributed by atoms with E-state index < -0.39 is 15.0 Å². The highest BCUT2D eigenvalue weighted by molar-refractivity contribution is 7.86. The number of anilines is 1. The van der Waals surface area contributed by atoms with Gasteiger partial charge in [0, 0.05) is 5.02 Å². The van der Waals surface area contributed by atoms with Crippen LogP contribution < -0.4 is 5.73 Å². The maximum absolute atomic E-state index is 11.0. The molecule has 1 aromatic carbocycles. The third-order valence-corrected chi connectivity index (χ3v) is 2.79. The van der Waals surface area contributed by atoms with Gasteiger partial charge < -0.3 is 10.2 Å². The zero-order chi connectivity index (χ0) is 11.2. The number of benzene rings is 1. The minimum Gasteiger partial charge on any atom is -0.422 e. The number of fused-ring (bicyclic) bond motifs is 1. The summed E-state index contributed by atoms with van der Waals surface area (Å²) in [7, 11) is -4.41. The van der Waals surface area contributed by atoms with E-state index in [0.717, 1.165) is 6.07 Å². The lowest BCUT2D eigenvalue weighted by atomic mass is 10.3. The molecule has 1 aromatic heterocycles. The number of oxazole rings is 1. The fourth-order valence-corrected chi connectivity index (χ4v) is 2.11. The van der Waals surface area contributed by atoms with Crippen molar-refractivity contribution in [2.24, 2.45) is 0 Å². The molecular formula is C7H5ClN2O4S.